The smallest absolute Gasteiger partial charge is 0.339 e. The molecule has 4 rings (SSSR count). The Morgan fingerprint density at radius 3 is 2.38 bits per heavy atom. The van der Waals surface area contributed by atoms with Crippen LogP contribution in [0.1, 0.15) is 25.0 Å². The quantitative estimate of drug-likeness (QED) is 0.148. The maximum atomic E-state index is 13.0. The third-order valence-electron chi connectivity index (χ3n) is 5.76. The Balaban J connectivity index is 1.50. The maximum absolute atomic E-state index is 13.0. The Hall–Kier alpha value is -3.56. The molecule has 1 N–H and O–H groups in total. The molecule has 3 aromatic rings. The standard InChI is InChI=1S/C29H27IN2O8S2/c1-4-38-25-16-20(15-24(30)27(25)40-42(36,37)23-11-7-21(8-12-23)31-19(3)33)17-26-28(34)32(29(35)41-26)13-14-39-22-9-5-18(2)6-10-22/h5-12,15-17H,4,13-14H2,1-3H3,(H,31,33)/b26-17-. The zero-order valence-corrected chi connectivity index (χ0v) is 26.7. The number of carbonyl (C=O) groups is 3. The summed E-state index contributed by atoms with van der Waals surface area (Å²) in [6.45, 7) is 5.52. The van der Waals surface area contributed by atoms with Gasteiger partial charge in [-0.2, -0.15) is 8.42 Å². The van der Waals surface area contributed by atoms with Gasteiger partial charge in [0.15, 0.2) is 11.5 Å². The van der Waals surface area contributed by atoms with Gasteiger partial charge in [-0.15, -0.1) is 0 Å². The van der Waals surface area contributed by atoms with Crippen LogP contribution in [0.15, 0.2) is 70.5 Å². The van der Waals surface area contributed by atoms with Gasteiger partial charge < -0.3 is 19.0 Å². The Kier molecular flexibility index (Phi) is 10.2. The van der Waals surface area contributed by atoms with Crippen LogP contribution in [0.25, 0.3) is 6.08 Å². The summed E-state index contributed by atoms with van der Waals surface area (Å²) in [7, 11) is -4.25. The summed E-state index contributed by atoms with van der Waals surface area (Å²) < 4.78 is 43.3. The summed E-state index contributed by atoms with van der Waals surface area (Å²) in [5.74, 6) is 0.0556. The molecule has 0 saturated carbocycles. The summed E-state index contributed by atoms with van der Waals surface area (Å²) in [6, 6.07) is 16.2. The van der Waals surface area contributed by atoms with Crippen LogP contribution >= 0.6 is 34.4 Å². The maximum Gasteiger partial charge on any atom is 0.339 e. The van der Waals surface area contributed by atoms with E-state index in [4.69, 9.17) is 13.7 Å². The minimum atomic E-state index is -4.25. The lowest BCUT2D eigenvalue weighted by Crippen LogP contribution is -2.32. The number of rotatable bonds is 11. The van der Waals surface area contributed by atoms with Crippen LogP contribution in [0.4, 0.5) is 10.5 Å². The van der Waals surface area contributed by atoms with E-state index in [1.165, 1.54) is 31.2 Å². The molecule has 1 aliphatic heterocycles. The molecule has 1 fully saturated rings. The average molecular weight is 723 g/mol. The molecule has 0 aliphatic carbocycles. The van der Waals surface area contributed by atoms with Gasteiger partial charge in [0, 0.05) is 12.6 Å². The van der Waals surface area contributed by atoms with Gasteiger partial charge in [0.2, 0.25) is 5.91 Å². The Morgan fingerprint density at radius 1 is 1.05 bits per heavy atom. The van der Waals surface area contributed by atoms with Gasteiger partial charge in [-0.25, -0.2) is 0 Å². The molecule has 0 aromatic heterocycles. The lowest BCUT2D eigenvalue weighted by molar-refractivity contribution is -0.123. The first-order chi connectivity index (χ1) is 20.0. The monoisotopic (exact) mass is 722 g/mol. The van der Waals surface area contributed by atoms with Crippen LogP contribution in [0, 0.1) is 10.5 Å². The molecule has 1 saturated heterocycles. The SMILES string of the molecule is CCOc1cc(/C=C2\SC(=O)N(CCOc3ccc(C)cc3)C2=O)cc(I)c1OS(=O)(=O)c1ccc(NC(C)=O)cc1. The summed E-state index contributed by atoms with van der Waals surface area (Å²) in [4.78, 5) is 38.0. The predicted octanol–water partition coefficient (Wildman–Crippen LogP) is 5.84. The van der Waals surface area contributed by atoms with Crippen molar-refractivity contribution < 1.29 is 36.5 Å². The first kappa shape index (κ1) is 31.4. The molecule has 0 radical (unpaired) electrons. The Bertz CT molecular complexity index is 1640. The first-order valence-corrected chi connectivity index (χ1v) is 16.0. The molecule has 13 heteroatoms. The molecular weight excluding hydrogens is 695 g/mol. The number of thioether (sulfide) groups is 1. The van der Waals surface area contributed by atoms with E-state index in [1.54, 1.807) is 25.1 Å². The number of nitrogens with one attached hydrogen (secondary N) is 1. The fourth-order valence-corrected chi connectivity index (χ4v) is 6.52. The molecule has 0 unspecified atom stereocenters. The number of ether oxygens (including phenoxy) is 2. The van der Waals surface area contributed by atoms with Crippen LogP contribution in [0.5, 0.6) is 17.2 Å². The van der Waals surface area contributed by atoms with Crippen molar-refractivity contribution in [3.63, 3.8) is 0 Å². The second kappa shape index (κ2) is 13.6. The second-order valence-corrected chi connectivity index (χ2v) is 12.7. The highest BCUT2D eigenvalue weighted by molar-refractivity contribution is 14.1. The molecule has 42 heavy (non-hydrogen) atoms. The van der Waals surface area contributed by atoms with E-state index in [-0.39, 0.29) is 47.0 Å². The lowest BCUT2D eigenvalue weighted by atomic mass is 10.2. The highest BCUT2D eigenvalue weighted by atomic mass is 127. The van der Waals surface area contributed by atoms with Gasteiger partial charge in [-0.05, 0) is 108 Å². The largest absolute Gasteiger partial charge is 0.492 e. The van der Waals surface area contributed by atoms with Gasteiger partial charge in [0.1, 0.15) is 17.3 Å². The van der Waals surface area contributed by atoms with E-state index in [0.717, 1.165) is 22.2 Å². The molecule has 1 aliphatic rings. The fourth-order valence-electron chi connectivity index (χ4n) is 3.81. The van der Waals surface area contributed by atoms with E-state index in [0.29, 0.717) is 20.6 Å². The predicted molar refractivity (Wildman–Crippen MR) is 168 cm³/mol. The highest BCUT2D eigenvalue weighted by Crippen LogP contribution is 2.39. The van der Waals surface area contributed by atoms with E-state index in [9.17, 15) is 22.8 Å². The summed E-state index contributed by atoms with van der Waals surface area (Å²) in [5.41, 5.74) is 2.06. The second-order valence-electron chi connectivity index (χ2n) is 9.00. The van der Waals surface area contributed by atoms with Gasteiger partial charge in [-0.3, -0.25) is 19.3 Å². The number of aryl methyl sites for hydroxylation is 1. The van der Waals surface area contributed by atoms with E-state index < -0.39 is 21.3 Å². The van der Waals surface area contributed by atoms with E-state index in [1.807, 2.05) is 53.8 Å². The molecular formula is C29H27IN2O8S2. The van der Waals surface area contributed by atoms with Gasteiger partial charge in [0.25, 0.3) is 11.1 Å². The average Bonchev–Trinajstić information content (AvgIpc) is 3.19. The van der Waals surface area contributed by atoms with Crippen molar-refractivity contribution in [1.82, 2.24) is 4.90 Å². The third kappa shape index (κ3) is 7.83. The van der Waals surface area contributed by atoms with Crippen molar-refractivity contribution in [3.05, 3.63) is 80.3 Å². The molecule has 3 aromatic carbocycles. The highest BCUT2D eigenvalue weighted by Gasteiger charge is 2.35. The molecule has 1 heterocycles. The fraction of sp³-hybridized carbons (Fsp3) is 0.207. The molecule has 10 nitrogen and oxygen atoms in total. The van der Waals surface area contributed by atoms with Crippen molar-refractivity contribution in [3.8, 4) is 17.2 Å². The zero-order chi connectivity index (χ0) is 30.4. The molecule has 0 atom stereocenters. The molecule has 3 amide bonds. The number of carbonyl (C=O) groups excluding carboxylic acids is 3. The zero-order valence-electron chi connectivity index (χ0n) is 22.9. The minimum absolute atomic E-state index is 0.0121. The van der Waals surface area contributed by atoms with Crippen LogP contribution in [0.3, 0.4) is 0 Å². The van der Waals surface area contributed by atoms with Crippen LogP contribution in [-0.4, -0.2) is 50.1 Å². The number of amides is 3. The van der Waals surface area contributed by atoms with Crippen LogP contribution in [-0.2, 0) is 19.7 Å². The van der Waals surface area contributed by atoms with Gasteiger partial charge in [-0.1, -0.05) is 17.7 Å². The van der Waals surface area contributed by atoms with E-state index >= 15 is 0 Å². The van der Waals surface area contributed by atoms with E-state index in [2.05, 4.69) is 5.32 Å². The molecule has 220 valence electrons. The van der Waals surface area contributed by atoms with Crippen molar-refractivity contribution in [1.29, 1.82) is 0 Å². The van der Waals surface area contributed by atoms with Crippen LogP contribution < -0.4 is 19.0 Å². The molecule has 0 bridgehead atoms. The van der Waals surface area contributed by atoms with Crippen LogP contribution in [0.2, 0.25) is 0 Å². The minimum Gasteiger partial charge on any atom is -0.492 e. The van der Waals surface area contributed by atoms with Crippen molar-refractivity contribution >= 4 is 73.3 Å². The number of hydrogen-bond acceptors (Lipinski definition) is 9. The van der Waals surface area contributed by atoms with Crippen molar-refractivity contribution in [2.45, 2.75) is 25.7 Å². The summed E-state index contributed by atoms with van der Waals surface area (Å²) in [5, 5.41) is 2.17. The van der Waals surface area contributed by atoms with Gasteiger partial charge in [0.05, 0.1) is 21.6 Å². The lowest BCUT2D eigenvalue weighted by Gasteiger charge is -2.15. The Labute approximate surface area is 261 Å². The number of imide groups is 1. The van der Waals surface area contributed by atoms with Gasteiger partial charge >= 0.3 is 10.1 Å². The number of anilines is 1. The first-order valence-electron chi connectivity index (χ1n) is 12.7. The third-order valence-corrected chi connectivity index (χ3v) is 8.71. The number of hydrogen-bond donors (Lipinski definition) is 1. The number of nitrogens with zero attached hydrogens (tertiary/aromatic N) is 1. The summed E-state index contributed by atoms with van der Waals surface area (Å²) in [6.07, 6.45) is 1.55. The number of halogens is 1. The number of benzene rings is 3. The Morgan fingerprint density at radius 2 is 1.74 bits per heavy atom. The normalized spacial score (nSPS) is 14.3. The summed E-state index contributed by atoms with van der Waals surface area (Å²) >= 11 is 2.74. The topological polar surface area (TPSA) is 128 Å². The molecule has 0 spiro atoms. The van der Waals surface area contributed by atoms with Crippen molar-refractivity contribution in [2.75, 3.05) is 25.1 Å². The van der Waals surface area contributed by atoms with Crippen molar-refractivity contribution in [2.24, 2.45) is 0 Å².